The van der Waals surface area contributed by atoms with Crippen LogP contribution < -0.4 is 16.6 Å². The summed E-state index contributed by atoms with van der Waals surface area (Å²) in [6.45, 7) is 6.00. The smallest absolute Gasteiger partial charge is 0.260 e. The van der Waals surface area contributed by atoms with Gasteiger partial charge in [-0.25, -0.2) is 4.98 Å². The molecule has 90 valence electrons. The number of hydrogen-bond donors (Lipinski definition) is 3. The number of rotatable bonds is 1. The van der Waals surface area contributed by atoms with Gasteiger partial charge in [0.2, 0.25) is 5.95 Å². The van der Waals surface area contributed by atoms with E-state index in [-0.39, 0.29) is 11.1 Å². The standard InChI is InChI=1S/C12H16N4O/c1-12(2,3)16-11-14-9-5-4-7(13)6-8(9)10(17)15-11/h4-6H,13H2,1-3H3,(H2,14,15,16,17). The van der Waals surface area contributed by atoms with Crippen LogP contribution in [0.15, 0.2) is 23.0 Å². The van der Waals surface area contributed by atoms with Crippen molar-refractivity contribution in [3.05, 3.63) is 28.6 Å². The predicted octanol–water partition coefficient (Wildman–Crippen LogP) is 1.72. The number of aromatic nitrogens is 2. The van der Waals surface area contributed by atoms with Gasteiger partial charge in [-0.05, 0) is 39.0 Å². The van der Waals surface area contributed by atoms with Gasteiger partial charge in [-0.15, -0.1) is 0 Å². The highest BCUT2D eigenvalue weighted by molar-refractivity contribution is 5.81. The van der Waals surface area contributed by atoms with E-state index in [1.807, 2.05) is 20.8 Å². The highest BCUT2D eigenvalue weighted by atomic mass is 16.1. The number of fused-ring (bicyclic) bond motifs is 1. The van der Waals surface area contributed by atoms with Crippen molar-refractivity contribution >= 4 is 22.5 Å². The van der Waals surface area contributed by atoms with Crippen molar-refractivity contribution in [1.29, 1.82) is 0 Å². The van der Waals surface area contributed by atoms with Gasteiger partial charge in [0.05, 0.1) is 10.9 Å². The molecule has 0 aliphatic heterocycles. The molecule has 2 aromatic rings. The van der Waals surface area contributed by atoms with Crippen molar-refractivity contribution in [2.75, 3.05) is 11.1 Å². The number of hydrogen-bond acceptors (Lipinski definition) is 4. The van der Waals surface area contributed by atoms with E-state index in [1.165, 1.54) is 0 Å². The lowest BCUT2D eigenvalue weighted by Gasteiger charge is -2.20. The van der Waals surface area contributed by atoms with Crippen LogP contribution in [0.5, 0.6) is 0 Å². The minimum Gasteiger partial charge on any atom is -0.399 e. The molecule has 0 atom stereocenters. The normalized spacial score (nSPS) is 11.7. The second-order valence-corrected chi connectivity index (χ2v) is 5.07. The number of anilines is 2. The monoisotopic (exact) mass is 232 g/mol. The Morgan fingerprint density at radius 2 is 2.06 bits per heavy atom. The summed E-state index contributed by atoms with van der Waals surface area (Å²) < 4.78 is 0. The summed E-state index contributed by atoms with van der Waals surface area (Å²) in [7, 11) is 0. The lowest BCUT2D eigenvalue weighted by molar-refractivity contribution is 0.626. The third kappa shape index (κ3) is 2.55. The first-order valence-electron chi connectivity index (χ1n) is 5.43. The summed E-state index contributed by atoms with van der Waals surface area (Å²) in [6, 6.07) is 5.10. The summed E-state index contributed by atoms with van der Waals surface area (Å²) in [5, 5.41) is 3.63. The van der Waals surface area contributed by atoms with Crippen LogP contribution in [-0.4, -0.2) is 15.5 Å². The number of H-pyrrole nitrogens is 1. The number of nitrogens with two attached hydrogens (primary N) is 1. The highest BCUT2D eigenvalue weighted by Gasteiger charge is 2.12. The molecule has 17 heavy (non-hydrogen) atoms. The Bertz CT molecular complexity index is 610. The molecule has 0 saturated carbocycles. The number of nitrogen functional groups attached to an aromatic ring is 1. The summed E-state index contributed by atoms with van der Waals surface area (Å²) in [5.74, 6) is 0.472. The average Bonchev–Trinajstić information content (AvgIpc) is 2.17. The molecule has 1 aromatic carbocycles. The maximum Gasteiger partial charge on any atom is 0.260 e. The largest absolute Gasteiger partial charge is 0.399 e. The maximum atomic E-state index is 11.8. The Morgan fingerprint density at radius 3 is 2.71 bits per heavy atom. The van der Waals surface area contributed by atoms with E-state index in [0.717, 1.165) is 0 Å². The summed E-state index contributed by atoms with van der Waals surface area (Å²) in [5.41, 5.74) is 6.49. The van der Waals surface area contributed by atoms with Gasteiger partial charge in [0.25, 0.3) is 5.56 Å². The molecule has 4 N–H and O–H groups in total. The summed E-state index contributed by atoms with van der Waals surface area (Å²) in [6.07, 6.45) is 0. The molecule has 2 rings (SSSR count). The van der Waals surface area contributed by atoms with E-state index >= 15 is 0 Å². The molecule has 0 spiro atoms. The van der Waals surface area contributed by atoms with Crippen LogP contribution in [-0.2, 0) is 0 Å². The Balaban J connectivity index is 2.57. The molecule has 0 aliphatic rings. The zero-order chi connectivity index (χ0) is 12.6. The Hall–Kier alpha value is -2.04. The number of nitrogens with one attached hydrogen (secondary N) is 2. The van der Waals surface area contributed by atoms with Gasteiger partial charge < -0.3 is 11.1 Å². The predicted molar refractivity (Wildman–Crippen MR) is 70.2 cm³/mol. The second kappa shape index (κ2) is 3.76. The molecular formula is C12H16N4O. The SMILES string of the molecule is CC(C)(C)Nc1nc2ccc(N)cc2c(=O)[nH]1. The number of aromatic amines is 1. The highest BCUT2D eigenvalue weighted by Crippen LogP contribution is 2.14. The van der Waals surface area contributed by atoms with Crippen molar-refractivity contribution in [2.24, 2.45) is 0 Å². The molecule has 0 bridgehead atoms. The van der Waals surface area contributed by atoms with Crippen LogP contribution in [0.3, 0.4) is 0 Å². The molecule has 5 nitrogen and oxygen atoms in total. The van der Waals surface area contributed by atoms with Crippen LogP contribution >= 0.6 is 0 Å². The van der Waals surface area contributed by atoms with Crippen LogP contribution in [0.1, 0.15) is 20.8 Å². The van der Waals surface area contributed by atoms with Crippen molar-refractivity contribution in [3.63, 3.8) is 0 Å². The van der Waals surface area contributed by atoms with Gasteiger partial charge >= 0.3 is 0 Å². The lowest BCUT2D eigenvalue weighted by atomic mass is 10.1. The van der Waals surface area contributed by atoms with E-state index in [0.29, 0.717) is 22.5 Å². The molecule has 1 aromatic heterocycles. The van der Waals surface area contributed by atoms with Gasteiger partial charge in [-0.2, -0.15) is 0 Å². The third-order valence-electron chi connectivity index (χ3n) is 2.22. The van der Waals surface area contributed by atoms with Crippen molar-refractivity contribution < 1.29 is 0 Å². The van der Waals surface area contributed by atoms with Crippen molar-refractivity contribution in [2.45, 2.75) is 26.3 Å². The van der Waals surface area contributed by atoms with Gasteiger partial charge in [0.1, 0.15) is 0 Å². The topological polar surface area (TPSA) is 83.8 Å². The second-order valence-electron chi connectivity index (χ2n) is 5.07. The van der Waals surface area contributed by atoms with Crippen molar-refractivity contribution in [3.8, 4) is 0 Å². The van der Waals surface area contributed by atoms with Crippen LogP contribution in [0.2, 0.25) is 0 Å². The average molecular weight is 232 g/mol. The fourth-order valence-corrected chi connectivity index (χ4v) is 1.57. The number of nitrogens with zero attached hydrogens (tertiary/aromatic N) is 1. The van der Waals surface area contributed by atoms with Crippen LogP contribution in [0.25, 0.3) is 10.9 Å². The molecule has 1 heterocycles. The quantitative estimate of drug-likeness (QED) is 0.654. The van der Waals surface area contributed by atoms with E-state index in [4.69, 9.17) is 5.73 Å². The number of benzene rings is 1. The Labute approximate surface area is 99.1 Å². The lowest BCUT2D eigenvalue weighted by Crippen LogP contribution is -2.28. The van der Waals surface area contributed by atoms with Gasteiger partial charge in [0.15, 0.2) is 0 Å². The Morgan fingerprint density at radius 1 is 1.35 bits per heavy atom. The van der Waals surface area contributed by atoms with Crippen LogP contribution in [0, 0.1) is 0 Å². The first-order valence-corrected chi connectivity index (χ1v) is 5.43. The third-order valence-corrected chi connectivity index (χ3v) is 2.22. The fraction of sp³-hybridized carbons (Fsp3) is 0.333. The zero-order valence-electron chi connectivity index (χ0n) is 10.2. The first kappa shape index (κ1) is 11.4. The molecule has 0 unspecified atom stereocenters. The molecule has 0 fully saturated rings. The van der Waals surface area contributed by atoms with E-state index in [1.54, 1.807) is 18.2 Å². The zero-order valence-corrected chi connectivity index (χ0v) is 10.2. The first-order chi connectivity index (χ1) is 7.85. The summed E-state index contributed by atoms with van der Waals surface area (Å²) in [4.78, 5) is 18.9. The van der Waals surface area contributed by atoms with Crippen molar-refractivity contribution in [1.82, 2.24) is 9.97 Å². The minimum atomic E-state index is -0.186. The van der Waals surface area contributed by atoms with E-state index in [2.05, 4.69) is 15.3 Å². The Kier molecular flexibility index (Phi) is 2.53. The van der Waals surface area contributed by atoms with Crippen LogP contribution in [0.4, 0.5) is 11.6 Å². The van der Waals surface area contributed by atoms with Gasteiger partial charge in [-0.1, -0.05) is 0 Å². The maximum absolute atomic E-state index is 11.8. The molecule has 0 amide bonds. The van der Waals surface area contributed by atoms with Gasteiger partial charge in [0, 0.05) is 11.2 Å². The molecule has 0 saturated heterocycles. The van der Waals surface area contributed by atoms with E-state index < -0.39 is 0 Å². The molecule has 5 heteroatoms. The molecule has 0 aliphatic carbocycles. The van der Waals surface area contributed by atoms with Gasteiger partial charge in [-0.3, -0.25) is 9.78 Å². The summed E-state index contributed by atoms with van der Waals surface area (Å²) >= 11 is 0. The van der Waals surface area contributed by atoms with E-state index in [9.17, 15) is 4.79 Å². The molecular weight excluding hydrogens is 216 g/mol. The fourth-order valence-electron chi connectivity index (χ4n) is 1.57. The minimum absolute atomic E-state index is 0.155. The molecule has 0 radical (unpaired) electrons.